The highest BCUT2D eigenvalue weighted by molar-refractivity contribution is 5.87. The topological polar surface area (TPSA) is 97.4 Å². The zero-order valence-electron chi connectivity index (χ0n) is 13.8. The molecule has 0 aliphatic carbocycles. The van der Waals surface area contributed by atoms with E-state index in [1.54, 1.807) is 6.92 Å². The van der Waals surface area contributed by atoms with Crippen molar-refractivity contribution in [2.75, 3.05) is 0 Å². The summed E-state index contributed by atoms with van der Waals surface area (Å²) >= 11 is 0. The third-order valence-electron chi connectivity index (χ3n) is 3.88. The minimum atomic E-state index is -0.728. The highest BCUT2D eigenvalue weighted by atomic mass is 16.3. The number of rotatable bonds is 5. The van der Waals surface area contributed by atoms with Crippen LogP contribution in [0.15, 0.2) is 28.7 Å². The van der Waals surface area contributed by atoms with Crippen molar-refractivity contribution in [3.8, 4) is 0 Å². The van der Waals surface area contributed by atoms with Crippen LogP contribution in [0.1, 0.15) is 38.1 Å². The van der Waals surface area contributed by atoms with Crippen LogP contribution >= 0.6 is 0 Å². The second-order valence-corrected chi connectivity index (χ2v) is 6.05. The molecular weight excluding hydrogens is 294 g/mol. The molecule has 1 heterocycles. The maximum atomic E-state index is 12.3. The van der Waals surface area contributed by atoms with Gasteiger partial charge in [-0.15, -0.1) is 0 Å². The molecule has 2 rings (SSSR count). The van der Waals surface area contributed by atoms with Gasteiger partial charge in [0.25, 0.3) is 0 Å². The second-order valence-electron chi connectivity index (χ2n) is 6.05. The number of hydrogen-bond acceptors (Lipinski definition) is 3. The molecule has 0 aliphatic rings. The number of para-hydroxylation sites is 1. The first-order valence-electron chi connectivity index (χ1n) is 7.65. The van der Waals surface area contributed by atoms with E-state index in [9.17, 15) is 9.59 Å². The number of fused-ring (bicyclic) bond motifs is 1. The van der Waals surface area contributed by atoms with Gasteiger partial charge in [-0.2, -0.15) is 0 Å². The molecule has 4 N–H and O–H groups in total. The Labute approximate surface area is 135 Å². The van der Waals surface area contributed by atoms with Crippen molar-refractivity contribution in [2.45, 2.75) is 39.8 Å². The highest BCUT2D eigenvalue weighted by Gasteiger charge is 2.27. The largest absolute Gasteiger partial charge is 0.459 e. The van der Waals surface area contributed by atoms with Crippen LogP contribution in [0.25, 0.3) is 11.0 Å². The first-order chi connectivity index (χ1) is 10.8. The third kappa shape index (κ3) is 3.64. The summed E-state index contributed by atoms with van der Waals surface area (Å²) in [5, 5.41) is 6.35. The minimum Gasteiger partial charge on any atom is -0.459 e. The van der Waals surface area contributed by atoms with E-state index < -0.39 is 12.1 Å². The number of amides is 3. The first-order valence-corrected chi connectivity index (χ1v) is 7.65. The summed E-state index contributed by atoms with van der Waals surface area (Å²) in [5.74, 6) is 0.558. The van der Waals surface area contributed by atoms with Gasteiger partial charge in [-0.05, 0) is 25.8 Å². The first kappa shape index (κ1) is 16.9. The monoisotopic (exact) mass is 317 g/mol. The van der Waals surface area contributed by atoms with E-state index in [4.69, 9.17) is 10.2 Å². The van der Waals surface area contributed by atoms with Gasteiger partial charge in [0.05, 0.1) is 6.04 Å². The maximum absolute atomic E-state index is 12.3. The zero-order chi connectivity index (χ0) is 17.1. The molecule has 1 aromatic heterocycles. The smallest absolute Gasteiger partial charge is 0.312 e. The molecule has 0 saturated carbocycles. The van der Waals surface area contributed by atoms with Crippen LogP contribution in [0.5, 0.6) is 0 Å². The molecule has 6 nitrogen and oxygen atoms in total. The molecule has 0 saturated heterocycles. The van der Waals surface area contributed by atoms with Crippen LogP contribution in [0.2, 0.25) is 0 Å². The normalized spacial score (nSPS) is 13.8. The van der Waals surface area contributed by atoms with E-state index >= 15 is 0 Å². The van der Waals surface area contributed by atoms with Gasteiger partial charge in [-0.1, -0.05) is 32.0 Å². The van der Waals surface area contributed by atoms with E-state index in [1.807, 2.05) is 45.0 Å². The predicted molar refractivity (Wildman–Crippen MR) is 88.9 cm³/mol. The summed E-state index contributed by atoms with van der Waals surface area (Å²) < 4.78 is 5.96. The van der Waals surface area contributed by atoms with Gasteiger partial charge in [0.15, 0.2) is 0 Å². The van der Waals surface area contributed by atoms with Crippen molar-refractivity contribution < 1.29 is 14.0 Å². The Hall–Kier alpha value is -2.50. The average molecular weight is 317 g/mol. The van der Waals surface area contributed by atoms with Crippen LogP contribution in [-0.2, 0) is 4.79 Å². The Balaban J connectivity index is 2.29. The van der Waals surface area contributed by atoms with Crippen LogP contribution in [-0.4, -0.2) is 18.0 Å². The molecule has 124 valence electrons. The Bertz CT molecular complexity index is 721. The van der Waals surface area contributed by atoms with Crippen molar-refractivity contribution in [1.29, 1.82) is 0 Å². The molecule has 0 aliphatic heterocycles. The number of aryl methyl sites for hydroxylation is 1. The Morgan fingerprint density at radius 3 is 2.35 bits per heavy atom. The molecule has 6 heteroatoms. The number of carbonyl (C=O) groups excluding carboxylic acids is 2. The summed E-state index contributed by atoms with van der Waals surface area (Å²) in [6.45, 7) is 7.57. The standard InChI is InChI=1S/C17H23N3O3/c1-9(2)14(20-16(21)11(4)19-17(18)22)15-10(3)12-7-5-6-8-13(12)23-15/h5-9,11,14H,1-4H3,(H,20,21)(H3,18,19,22)/t11-,14-/m0/s1. The Kier molecular flexibility index (Phi) is 4.93. The number of primary amides is 1. The second kappa shape index (κ2) is 6.73. The fourth-order valence-corrected chi connectivity index (χ4v) is 2.58. The molecule has 2 atom stereocenters. The Morgan fingerprint density at radius 2 is 1.78 bits per heavy atom. The third-order valence-corrected chi connectivity index (χ3v) is 3.88. The molecule has 0 fully saturated rings. The van der Waals surface area contributed by atoms with E-state index in [1.165, 1.54) is 0 Å². The summed E-state index contributed by atoms with van der Waals surface area (Å²) in [5.41, 5.74) is 6.86. The van der Waals surface area contributed by atoms with Gasteiger partial charge >= 0.3 is 6.03 Å². The number of hydrogen-bond donors (Lipinski definition) is 3. The van der Waals surface area contributed by atoms with Gasteiger partial charge in [0.2, 0.25) is 5.91 Å². The minimum absolute atomic E-state index is 0.124. The van der Waals surface area contributed by atoms with Crippen LogP contribution < -0.4 is 16.4 Å². The lowest BCUT2D eigenvalue weighted by Gasteiger charge is -2.23. The molecule has 2 aromatic rings. The summed E-state index contributed by atoms with van der Waals surface area (Å²) in [4.78, 5) is 23.2. The van der Waals surface area contributed by atoms with Crippen molar-refractivity contribution in [3.05, 3.63) is 35.6 Å². The average Bonchev–Trinajstić information content (AvgIpc) is 2.81. The SMILES string of the molecule is Cc1c([C@@H](NC(=O)[C@H](C)NC(N)=O)C(C)C)oc2ccccc12. The molecule has 0 radical (unpaired) electrons. The predicted octanol–water partition coefficient (Wildman–Crippen LogP) is 2.61. The van der Waals surface area contributed by atoms with Crippen molar-refractivity contribution in [1.82, 2.24) is 10.6 Å². The summed E-state index contributed by atoms with van der Waals surface area (Å²) in [7, 11) is 0. The number of benzene rings is 1. The number of urea groups is 1. The summed E-state index contributed by atoms with van der Waals surface area (Å²) in [6.07, 6.45) is 0. The van der Waals surface area contributed by atoms with E-state index in [2.05, 4.69) is 10.6 Å². The van der Waals surface area contributed by atoms with E-state index in [0.717, 1.165) is 22.3 Å². The lowest BCUT2D eigenvalue weighted by atomic mass is 9.98. The van der Waals surface area contributed by atoms with Gasteiger partial charge in [0, 0.05) is 10.9 Å². The molecule has 0 bridgehead atoms. The molecule has 0 unspecified atom stereocenters. The van der Waals surface area contributed by atoms with E-state index in [0.29, 0.717) is 0 Å². The lowest BCUT2D eigenvalue weighted by Crippen LogP contribution is -2.48. The number of nitrogens with two attached hydrogens (primary N) is 1. The van der Waals surface area contributed by atoms with Gasteiger partial charge in [-0.3, -0.25) is 4.79 Å². The molecule has 0 spiro atoms. The fourth-order valence-electron chi connectivity index (χ4n) is 2.58. The van der Waals surface area contributed by atoms with Crippen LogP contribution in [0.3, 0.4) is 0 Å². The van der Waals surface area contributed by atoms with Crippen LogP contribution in [0, 0.1) is 12.8 Å². The van der Waals surface area contributed by atoms with Gasteiger partial charge in [0.1, 0.15) is 17.4 Å². The number of furan rings is 1. The highest BCUT2D eigenvalue weighted by Crippen LogP contribution is 2.32. The van der Waals surface area contributed by atoms with Crippen molar-refractivity contribution in [3.63, 3.8) is 0 Å². The summed E-state index contributed by atoms with van der Waals surface area (Å²) in [6, 6.07) is 6.04. The van der Waals surface area contributed by atoms with E-state index in [-0.39, 0.29) is 17.9 Å². The molecular formula is C17H23N3O3. The molecule has 3 amide bonds. The van der Waals surface area contributed by atoms with Crippen LogP contribution in [0.4, 0.5) is 4.79 Å². The van der Waals surface area contributed by atoms with Gasteiger partial charge < -0.3 is 20.8 Å². The zero-order valence-corrected chi connectivity index (χ0v) is 13.8. The van der Waals surface area contributed by atoms with Crippen molar-refractivity contribution >= 4 is 22.9 Å². The Morgan fingerprint density at radius 1 is 1.13 bits per heavy atom. The maximum Gasteiger partial charge on any atom is 0.312 e. The quantitative estimate of drug-likeness (QED) is 0.790. The lowest BCUT2D eigenvalue weighted by molar-refractivity contribution is -0.123. The fraction of sp³-hybridized carbons (Fsp3) is 0.412. The van der Waals surface area contributed by atoms with Crippen molar-refractivity contribution in [2.24, 2.45) is 11.7 Å². The molecule has 1 aromatic carbocycles. The number of carbonyl (C=O) groups is 2. The molecule has 23 heavy (non-hydrogen) atoms. The van der Waals surface area contributed by atoms with Gasteiger partial charge in [-0.25, -0.2) is 4.79 Å². The number of nitrogens with one attached hydrogen (secondary N) is 2.